The van der Waals surface area contributed by atoms with Gasteiger partial charge in [-0.05, 0) is 12.1 Å². The molecule has 0 saturated heterocycles. The molecule has 0 radical (unpaired) electrons. The summed E-state index contributed by atoms with van der Waals surface area (Å²) in [5, 5.41) is 0.0292. The molecule has 0 fully saturated rings. The van der Waals surface area contributed by atoms with Gasteiger partial charge in [-0.3, -0.25) is 0 Å². The average molecular weight is 229 g/mol. The first kappa shape index (κ1) is 10.6. The standard InChI is InChI=1S/C7H5ClF3OP/c8-13(12)6-3-1-2-5(4-6)7(9,10)11/h1-4,13H. The number of hydrogen-bond donors (Lipinski definition) is 0. The van der Waals surface area contributed by atoms with Gasteiger partial charge in [-0.2, -0.15) is 13.2 Å². The van der Waals surface area contributed by atoms with Crippen molar-refractivity contribution >= 4 is 23.7 Å². The van der Waals surface area contributed by atoms with E-state index in [1.54, 1.807) is 0 Å². The van der Waals surface area contributed by atoms with Crippen LogP contribution in [0.25, 0.3) is 0 Å². The molecule has 1 rings (SSSR count). The van der Waals surface area contributed by atoms with E-state index in [0.717, 1.165) is 12.1 Å². The summed E-state index contributed by atoms with van der Waals surface area (Å²) in [4.78, 5) is 0. The van der Waals surface area contributed by atoms with Gasteiger partial charge in [0, 0.05) is 5.30 Å². The second kappa shape index (κ2) is 3.72. The number of rotatable bonds is 1. The minimum atomic E-state index is -4.41. The maximum Gasteiger partial charge on any atom is 0.416 e. The molecule has 0 heterocycles. The van der Waals surface area contributed by atoms with Crippen LogP contribution in [-0.2, 0) is 10.7 Å². The van der Waals surface area contributed by atoms with E-state index in [1.165, 1.54) is 12.1 Å². The summed E-state index contributed by atoms with van der Waals surface area (Å²) in [5.74, 6) is 0. The summed E-state index contributed by atoms with van der Waals surface area (Å²) >= 11 is 5.20. The van der Waals surface area contributed by atoms with Crippen molar-refractivity contribution in [1.29, 1.82) is 0 Å². The third-order valence-electron chi connectivity index (χ3n) is 1.42. The van der Waals surface area contributed by atoms with Gasteiger partial charge in [0.05, 0.1) is 5.56 Å². The Kier molecular flexibility index (Phi) is 3.04. The van der Waals surface area contributed by atoms with Crippen molar-refractivity contribution in [3.05, 3.63) is 29.8 Å². The fourth-order valence-corrected chi connectivity index (χ4v) is 1.67. The van der Waals surface area contributed by atoms with Gasteiger partial charge in [0.1, 0.15) is 0 Å². The highest BCUT2D eigenvalue weighted by molar-refractivity contribution is 7.80. The summed E-state index contributed by atoms with van der Waals surface area (Å²) in [6, 6.07) is 4.20. The minimum Gasteiger partial charge on any atom is -0.305 e. The highest BCUT2D eigenvalue weighted by Crippen LogP contribution is 2.31. The zero-order valence-electron chi connectivity index (χ0n) is 6.23. The molecular weight excluding hydrogens is 223 g/mol. The van der Waals surface area contributed by atoms with Crippen LogP contribution in [0.2, 0.25) is 0 Å². The second-order valence-electron chi connectivity index (χ2n) is 2.35. The molecule has 0 aromatic heterocycles. The smallest absolute Gasteiger partial charge is 0.305 e. The number of hydrogen-bond acceptors (Lipinski definition) is 1. The fourth-order valence-electron chi connectivity index (χ4n) is 0.818. The monoisotopic (exact) mass is 228 g/mol. The topological polar surface area (TPSA) is 17.1 Å². The highest BCUT2D eigenvalue weighted by atomic mass is 35.7. The summed E-state index contributed by atoms with van der Waals surface area (Å²) in [6.45, 7) is 0. The SMILES string of the molecule is O=[PH](Cl)c1cccc(C(F)(F)F)c1. The van der Waals surface area contributed by atoms with Crippen LogP contribution in [0.5, 0.6) is 0 Å². The Morgan fingerprint density at radius 2 is 1.92 bits per heavy atom. The van der Waals surface area contributed by atoms with Crippen LogP contribution in [0, 0.1) is 0 Å². The van der Waals surface area contributed by atoms with Crippen LogP contribution in [0.15, 0.2) is 24.3 Å². The molecule has 6 heteroatoms. The summed E-state index contributed by atoms with van der Waals surface area (Å²) in [7, 11) is -2.57. The van der Waals surface area contributed by atoms with Crippen molar-refractivity contribution in [3.8, 4) is 0 Å². The van der Waals surface area contributed by atoms with Gasteiger partial charge in [0.25, 0.3) is 0 Å². The summed E-state index contributed by atoms with van der Waals surface area (Å²) in [5.41, 5.74) is -0.830. The van der Waals surface area contributed by atoms with E-state index in [0.29, 0.717) is 0 Å². The Morgan fingerprint density at radius 1 is 1.31 bits per heavy atom. The van der Waals surface area contributed by atoms with Crippen molar-refractivity contribution in [3.63, 3.8) is 0 Å². The van der Waals surface area contributed by atoms with E-state index in [9.17, 15) is 17.7 Å². The first-order chi connectivity index (χ1) is 5.91. The predicted molar refractivity (Wildman–Crippen MR) is 45.9 cm³/mol. The van der Waals surface area contributed by atoms with Crippen LogP contribution < -0.4 is 5.30 Å². The van der Waals surface area contributed by atoms with E-state index >= 15 is 0 Å². The molecule has 1 nitrogen and oxygen atoms in total. The average Bonchev–Trinajstić information content (AvgIpc) is 2.03. The van der Waals surface area contributed by atoms with Gasteiger partial charge >= 0.3 is 6.18 Å². The lowest BCUT2D eigenvalue weighted by molar-refractivity contribution is -0.137. The zero-order valence-corrected chi connectivity index (χ0v) is 7.99. The zero-order chi connectivity index (χ0) is 10.1. The molecule has 72 valence electrons. The summed E-state index contributed by atoms with van der Waals surface area (Å²) in [6.07, 6.45) is -4.41. The Labute approximate surface area is 78.1 Å². The predicted octanol–water partition coefficient (Wildman–Crippen LogP) is 3.04. The van der Waals surface area contributed by atoms with Crippen molar-refractivity contribution in [1.82, 2.24) is 0 Å². The maximum atomic E-state index is 12.1. The van der Waals surface area contributed by atoms with E-state index in [4.69, 9.17) is 11.2 Å². The minimum absolute atomic E-state index is 0.0292. The molecule has 0 bridgehead atoms. The van der Waals surface area contributed by atoms with E-state index in [-0.39, 0.29) is 5.30 Å². The van der Waals surface area contributed by atoms with Crippen LogP contribution in [0.4, 0.5) is 13.2 Å². The number of alkyl halides is 3. The molecule has 1 aromatic rings. The molecule has 1 aromatic carbocycles. The molecule has 0 aliphatic rings. The Bertz CT molecular complexity index is 337. The van der Waals surface area contributed by atoms with Gasteiger partial charge in [-0.25, -0.2) is 0 Å². The molecule has 0 saturated carbocycles. The van der Waals surface area contributed by atoms with Crippen molar-refractivity contribution in [2.45, 2.75) is 6.18 Å². The normalized spacial score (nSPS) is 14.2. The first-order valence-corrected chi connectivity index (χ1v) is 5.70. The fraction of sp³-hybridized carbons (Fsp3) is 0.143. The summed E-state index contributed by atoms with van der Waals surface area (Å²) < 4.78 is 47.0. The largest absolute Gasteiger partial charge is 0.416 e. The highest BCUT2D eigenvalue weighted by Gasteiger charge is 2.30. The molecule has 1 unspecified atom stereocenters. The Hall–Kier alpha value is -0.470. The van der Waals surface area contributed by atoms with Crippen LogP contribution in [0.1, 0.15) is 5.56 Å². The maximum absolute atomic E-state index is 12.1. The van der Waals surface area contributed by atoms with Crippen LogP contribution in [0.3, 0.4) is 0 Å². The van der Waals surface area contributed by atoms with E-state index in [2.05, 4.69) is 0 Å². The van der Waals surface area contributed by atoms with Gasteiger partial charge in [-0.1, -0.05) is 23.4 Å². The lowest BCUT2D eigenvalue weighted by Gasteiger charge is -2.06. The van der Waals surface area contributed by atoms with Gasteiger partial charge in [0.2, 0.25) is 0 Å². The van der Waals surface area contributed by atoms with Crippen LogP contribution in [-0.4, -0.2) is 0 Å². The third-order valence-corrected chi connectivity index (χ3v) is 2.84. The van der Waals surface area contributed by atoms with Gasteiger partial charge in [0.15, 0.2) is 7.15 Å². The second-order valence-corrected chi connectivity index (χ2v) is 4.51. The molecule has 0 amide bonds. The Balaban J connectivity index is 3.13. The number of halogens is 4. The number of benzene rings is 1. The molecular formula is C7H5ClF3OP. The third kappa shape index (κ3) is 2.75. The molecule has 1 atom stereocenters. The lowest BCUT2D eigenvalue weighted by atomic mass is 10.2. The van der Waals surface area contributed by atoms with Crippen molar-refractivity contribution in [2.75, 3.05) is 0 Å². The quantitative estimate of drug-likeness (QED) is 0.675. The van der Waals surface area contributed by atoms with Crippen LogP contribution >= 0.6 is 18.4 Å². The van der Waals surface area contributed by atoms with Gasteiger partial charge in [-0.15, -0.1) is 0 Å². The molecule has 0 N–H and O–H groups in total. The molecule has 0 spiro atoms. The van der Waals surface area contributed by atoms with E-state index in [1.807, 2.05) is 0 Å². The van der Waals surface area contributed by atoms with Crippen molar-refractivity contribution < 1.29 is 17.7 Å². The lowest BCUT2D eigenvalue weighted by Crippen LogP contribution is -2.08. The molecule has 0 aliphatic carbocycles. The first-order valence-electron chi connectivity index (χ1n) is 3.28. The molecule has 13 heavy (non-hydrogen) atoms. The molecule has 0 aliphatic heterocycles. The van der Waals surface area contributed by atoms with E-state index < -0.39 is 18.9 Å². The van der Waals surface area contributed by atoms with Crippen molar-refractivity contribution in [2.24, 2.45) is 0 Å². The van der Waals surface area contributed by atoms with Gasteiger partial charge < -0.3 is 4.57 Å². The Morgan fingerprint density at radius 3 is 2.38 bits per heavy atom.